The van der Waals surface area contributed by atoms with E-state index in [-0.39, 0.29) is 33.6 Å². The lowest BCUT2D eigenvalue weighted by Gasteiger charge is -2.35. The lowest BCUT2D eigenvalue weighted by molar-refractivity contribution is -0.140. The van der Waals surface area contributed by atoms with Gasteiger partial charge in [-0.1, -0.05) is 89.4 Å². The smallest absolute Gasteiger partial charge is 0.264 e. The van der Waals surface area contributed by atoms with E-state index < -0.39 is 45.8 Å². The Hall–Kier alpha value is -3.92. The van der Waals surface area contributed by atoms with Crippen LogP contribution < -0.4 is 9.62 Å². The molecule has 242 valence electrons. The molecule has 4 aromatic carbocycles. The highest BCUT2D eigenvalue weighted by atomic mass is 35.5. The second-order valence-electron chi connectivity index (χ2n) is 11.9. The molecule has 0 radical (unpaired) electrons. The molecule has 0 spiro atoms. The van der Waals surface area contributed by atoms with Crippen LogP contribution in [0.2, 0.25) is 10.0 Å². The topological polar surface area (TPSA) is 86.8 Å². The van der Waals surface area contributed by atoms with Gasteiger partial charge in [-0.3, -0.25) is 13.9 Å². The van der Waals surface area contributed by atoms with Crippen LogP contribution in [0.5, 0.6) is 0 Å². The third kappa shape index (κ3) is 8.66. The van der Waals surface area contributed by atoms with E-state index >= 15 is 4.39 Å². The lowest BCUT2D eigenvalue weighted by atomic mass is 10.0. The summed E-state index contributed by atoms with van der Waals surface area (Å²) < 4.78 is 44.2. The summed E-state index contributed by atoms with van der Waals surface area (Å²) in [5, 5.41) is 3.48. The minimum Gasteiger partial charge on any atom is -0.350 e. The highest BCUT2D eigenvalue weighted by Gasteiger charge is 2.36. The third-order valence-corrected chi connectivity index (χ3v) is 9.65. The molecule has 0 unspecified atom stereocenters. The Morgan fingerprint density at radius 2 is 1.43 bits per heavy atom. The number of hydrogen-bond acceptors (Lipinski definition) is 4. The second-order valence-corrected chi connectivity index (χ2v) is 14.6. The van der Waals surface area contributed by atoms with Gasteiger partial charge >= 0.3 is 0 Å². The summed E-state index contributed by atoms with van der Waals surface area (Å²) in [6, 6.07) is 24.2. The predicted octanol–water partition coefficient (Wildman–Crippen LogP) is 7.19. The average Bonchev–Trinajstić information content (AvgIpc) is 2.99. The molecule has 46 heavy (non-hydrogen) atoms. The van der Waals surface area contributed by atoms with Gasteiger partial charge in [0.25, 0.3) is 10.0 Å². The largest absolute Gasteiger partial charge is 0.350 e. The number of amides is 2. The molecule has 0 saturated heterocycles. The van der Waals surface area contributed by atoms with E-state index in [4.69, 9.17) is 23.2 Å². The summed E-state index contributed by atoms with van der Waals surface area (Å²) in [4.78, 5) is 29.6. The van der Waals surface area contributed by atoms with Crippen LogP contribution in [0.4, 0.5) is 10.1 Å². The van der Waals surface area contributed by atoms with E-state index in [1.165, 1.54) is 35.2 Å². The minimum atomic E-state index is -4.45. The molecule has 2 amide bonds. The van der Waals surface area contributed by atoms with Gasteiger partial charge in [0.05, 0.1) is 10.6 Å². The predicted molar refractivity (Wildman–Crippen MR) is 181 cm³/mol. The van der Waals surface area contributed by atoms with Gasteiger partial charge in [-0.05, 0) is 69.7 Å². The molecule has 4 aromatic rings. The van der Waals surface area contributed by atoms with Crippen molar-refractivity contribution in [3.63, 3.8) is 0 Å². The SMILES string of the molecule is Cc1ccc(S(=O)(=O)N(CC(=O)N(Cc2c(Cl)cccc2Cl)[C@H](Cc2ccccc2)C(=O)NC(C)(C)C)c2ccccc2F)cc1. The second kappa shape index (κ2) is 14.7. The van der Waals surface area contributed by atoms with Crippen molar-refractivity contribution in [3.05, 3.63) is 130 Å². The zero-order chi connectivity index (χ0) is 33.6. The fourth-order valence-corrected chi connectivity index (χ4v) is 6.80. The molecule has 0 bridgehead atoms. The molecule has 0 fully saturated rings. The zero-order valence-electron chi connectivity index (χ0n) is 26.0. The molecule has 11 heteroatoms. The number of sulfonamides is 1. The summed E-state index contributed by atoms with van der Waals surface area (Å²) in [6.07, 6.45) is 0.0982. The van der Waals surface area contributed by atoms with Crippen LogP contribution in [0.1, 0.15) is 37.5 Å². The molecular weight excluding hydrogens is 648 g/mol. The van der Waals surface area contributed by atoms with E-state index in [0.717, 1.165) is 21.5 Å². The van der Waals surface area contributed by atoms with Gasteiger partial charge < -0.3 is 10.2 Å². The summed E-state index contributed by atoms with van der Waals surface area (Å²) in [6.45, 7) is 6.22. The van der Waals surface area contributed by atoms with Gasteiger partial charge in [-0.15, -0.1) is 0 Å². The number of halogens is 3. The van der Waals surface area contributed by atoms with E-state index in [1.807, 2.05) is 58.0 Å². The Morgan fingerprint density at radius 3 is 2.02 bits per heavy atom. The van der Waals surface area contributed by atoms with E-state index in [2.05, 4.69) is 5.32 Å². The molecule has 0 heterocycles. The number of nitrogens with one attached hydrogen (secondary N) is 1. The fraction of sp³-hybridized carbons (Fsp3) is 0.257. The van der Waals surface area contributed by atoms with Crippen molar-refractivity contribution in [1.29, 1.82) is 0 Å². The fourth-order valence-electron chi connectivity index (χ4n) is 4.87. The van der Waals surface area contributed by atoms with E-state index in [1.54, 1.807) is 30.3 Å². The van der Waals surface area contributed by atoms with Crippen molar-refractivity contribution >= 4 is 50.7 Å². The Kier molecular flexibility index (Phi) is 11.1. The summed E-state index contributed by atoms with van der Waals surface area (Å²) in [5.41, 5.74) is 0.990. The number of carbonyl (C=O) groups excluding carboxylic acids is 2. The number of hydrogen-bond donors (Lipinski definition) is 1. The Labute approximate surface area is 280 Å². The number of carbonyl (C=O) groups is 2. The highest BCUT2D eigenvalue weighted by molar-refractivity contribution is 7.92. The maximum atomic E-state index is 15.3. The normalized spacial score (nSPS) is 12.3. The Bertz CT molecular complexity index is 1780. The first kappa shape index (κ1) is 34.9. The quantitative estimate of drug-likeness (QED) is 0.181. The number of rotatable bonds is 11. The van der Waals surface area contributed by atoms with Crippen LogP contribution in [-0.4, -0.2) is 43.3 Å². The Balaban J connectivity index is 1.86. The van der Waals surface area contributed by atoms with E-state index in [9.17, 15) is 18.0 Å². The van der Waals surface area contributed by atoms with Gasteiger partial charge in [0.15, 0.2) is 0 Å². The first-order chi connectivity index (χ1) is 21.7. The van der Waals surface area contributed by atoms with Gasteiger partial charge in [-0.25, -0.2) is 12.8 Å². The number of aryl methyl sites for hydroxylation is 1. The molecule has 4 rings (SSSR count). The highest BCUT2D eigenvalue weighted by Crippen LogP contribution is 2.30. The van der Waals surface area contributed by atoms with Crippen LogP contribution in [0.3, 0.4) is 0 Å². The maximum Gasteiger partial charge on any atom is 0.264 e. The zero-order valence-corrected chi connectivity index (χ0v) is 28.3. The molecule has 7 nitrogen and oxygen atoms in total. The number of nitrogens with zero attached hydrogens (tertiary/aromatic N) is 2. The van der Waals surface area contributed by atoms with Crippen LogP contribution in [-0.2, 0) is 32.6 Å². The van der Waals surface area contributed by atoms with Crippen molar-refractivity contribution in [2.24, 2.45) is 0 Å². The summed E-state index contributed by atoms with van der Waals surface area (Å²) in [7, 11) is -4.45. The van der Waals surface area contributed by atoms with Gasteiger partial charge in [0.1, 0.15) is 18.4 Å². The molecular formula is C35H36Cl2FN3O4S. The molecule has 1 atom stereocenters. The number of anilines is 1. The number of benzene rings is 4. The molecule has 0 aliphatic rings. The van der Waals surface area contributed by atoms with Gasteiger partial charge in [0, 0.05) is 34.1 Å². The monoisotopic (exact) mass is 683 g/mol. The van der Waals surface area contributed by atoms with Gasteiger partial charge in [0.2, 0.25) is 11.8 Å². The first-order valence-electron chi connectivity index (χ1n) is 14.6. The van der Waals surface area contributed by atoms with E-state index in [0.29, 0.717) is 5.56 Å². The maximum absolute atomic E-state index is 15.3. The first-order valence-corrected chi connectivity index (χ1v) is 16.8. The molecule has 0 aromatic heterocycles. The standard InChI is InChI=1S/C35H36Cl2FN3O4S/c1-24-17-19-26(20-18-24)46(44,45)41(31-16-9-8-15-30(31)38)23-33(42)40(22-27-28(36)13-10-14-29(27)37)32(34(43)39-35(2,3)4)21-25-11-6-5-7-12-25/h5-20,32H,21-23H2,1-4H3,(H,39,43)/t32-/m1/s1. The van der Waals surface area contributed by atoms with Crippen molar-refractivity contribution in [2.75, 3.05) is 10.8 Å². The van der Waals surface area contributed by atoms with Crippen molar-refractivity contribution in [1.82, 2.24) is 10.2 Å². The third-order valence-electron chi connectivity index (χ3n) is 7.17. The van der Waals surface area contributed by atoms with Gasteiger partial charge in [-0.2, -0.15) is 0 Å². The minimum absolute atomic E-state index is 0.0982. The van der Waals surface area contributed by atoms with Crippen LogP contribution in [0.25, 0.3) is 0 Å². The molecule has 0 aliphatic carbocycles. The molecule has 0 saturated carbocycles. The Morgan fingerprint density at radius 1 is 0.848 bits per heavy atom. The van der Waals surface area contributed by atoms with Crippen LogP contribution in [0.15, 0.2) is 102 Å². The van der Waals surface area contributed by atoms with Crippen molar-refractivity contribution in [2.45, 2.75) is 57.1 Å². The molecule has 1 N–H and O–H groups in total. The van der Waals surface area contributed by atoms with Crippen molar-refractivity contribution in [3.8, 4) is 0 Å². The average molecular weight is 685 g/mol. The van der Waals surface area contributed by atoms with Crippen molar-refractivity contribution < 1.29 is 22.4 Å². The van der Waals surface area contributed by atoms with Crippen LogP contribution >= 0.6 is 23.2 Å². The van der Waals surface area contributed by atoms with Crippen LogP contribution in [0, 0.1) is 12.7 Å². The molecule has 0 aliphatic heterocycles. The number of para-hydroxylation sites is 1. The summed E-state index contributed by atoms with van der Waals surface area (Å²) >= 11 is 13.1. The lowest BCUT2D eigenvalue weighted by Crippen LogP contribution is -2.56. The summed E-state index contributed by atoms with van der Waals surface area (Å²) in [5.74, 6) is -2.07.